The molecule has 0 spiro atoms. The molecule has 0 unspecified atom stereocenters. The highest BCUT2D eigenvalue weighted by Crippen LogP contribution is 2.26. The van der Waals surface area contributed by atoms with Gasteiger partial charge in [0.15, 0.2) is 0 Å². The molecule has 3 aromatic carbocycles. The maximum absolute atomic E-state index is 13.9. The van der Waals surface area contributed by atoms with Crippen LogP contribution in [0.2, 0.25) is 15.1 Å². The van der Waals surface area contributed by atoms with Crippen LogP contribution in [0.3, 0.4) is 0 Å². The molecule has 3 rings (SSSR count). The Kier molecular flexibility index (Phi) is 12.5. The second-order valence-electron chi connectivity index (χ2n) is 10.5. The molecule has 226 valence electrons. The number of halogens is 3. The molecule has 11 heteroatoms. The van der Waals surface area contributed by atoms with Crippen LogP contribution in [0.5, 0.6) is 0 Å². The van der Waals surface area contributed by atoms with Gasteiger partial charge in [0.05, 0.1) is 11.9 Å². The summed E-state index contributed by atoms with van der Waals surface area (Å²) in [6, 6.07) is 20.2. The molecule has 1 N–H and O–H groups in total. The third kappa shape index (κ3) is 10.2. The SMILES string of the molecule is CC(C)CNC(=O)[C@@H](Cc1ccccc1)N(Cc1ccc(Cl)cc1Cl)C(=O)CCCN(c1cccc(Cl)c1)S(C)(=O)=O. The first-order valence-electron chi connectivity index (χ1n) is 13.6. The van der Waals surface area contributed by atoms with Crippen molar-refractivity contribution in [3.63, 3.8) is 0 Å². The van der Waals surface area contributed by atoms with Gasteiger partial charge in [0.25, 0.3) is 0 Å². The lowest BCUT2D eigenvalue weighted by Gasteiger charge is -2.32. The number of hydrogen-bond donors (Lipinski definition) is 1. The molecule has 0 aliphatic carbocycles. The van der Waals surface area contributed by atoms with Crippen LogP contribution in [0.15, 0.2) is 72.8 Å². The highest BCUT2D eigenvalue weighted by Gasteiger charge is 2.31. The van der Waals surface area contributed by atoms with Crippen LogP contribution in [0, 0.1) is 5.92 Å². The Morgan fingerprint density at radius 3 is 2.21 bits per heavy atom. The quantitative estimate of drug-likeness (QED) is 0.213. The van der Waals surface area contributed by atoms with E-state index in [0.717, 1.165) is 11.8 Å². The van der Waals surface area contributed by atoms with E-state index in [0.29, 0.717) is 39.3 Å². The molecule has 0 bridgehead atoms. The summed E-state index contributed by atoms with van der Waals surface area (Å²) >= 11 is 18.7. The van der Waals surface area contributed by atoms with E-state index in [-0.39, 0.29) is 43.7 Å². The van der Waals surface area contributed by atoms with Gasteiger partial charge in [-0.3, -0.25) is 13.9 Å². The van der Waals surface area contributed by atoms with Crippen molar-refractivity contribution in [2.45, 2.75) is 45.7 Å². The van der Waals surface area contributed by atoms with Crippen LogP contribution in [-0.2, 0) is 32.6 Å². The third-order valence-electron chi connectivity index (χ3n) is 6.56. The largest absolute Gasteiger partial charge is 0.354 e. The maximum Gasteiger partial charge on any atom is 0.243 e. The molecule has 2 amide bonds. The number of amides is 2. The Labute approximate surface area is 263 Å². The van der Waals surface area contributed by atoms with Crippen LogP contribution in [0.1, 0.15) is 37.8 Å². The van der Waals surface area contributed by atoms with Gasteiger partial charge in [0.1, 0.15) is 6.04 Å². The standard InChI is InChI=1S/C31H36Cl3N3O4S/c1-22(2)20-35-31(39)29(17-23-9-5-4-6-10-23)36(21-24-14-15-26(33)19-28(24)34)30(38)13-8-16-37(42(3,40)41)27-12-7-11-25(32)18-27/h4-7,9-12,14-15,18-19,22,29H,8,13,16-17,20-21H2,1-3H3,(H,35,39)/t29-/m1/s1. The van der Waals surface area contributed by atoms with Gasteiger partial charge in [-0.15, -0.1) is 0 Å². The summed E-state index contributed by atoms with van der Waals surface area (Å²) in [5, 5.41) is 4.22. The molecule has 0 saturated carbocycles. The van der Waals surface area contributed by atoms with Crippen molar-refractivity contribution in [2.24, 2.45) is 5.92 Å². The Bertz CT molecular complexity index is 1470. The lowest BCUT2D eigenvalue weighted by molar-refractivity contribution is -0.141. The van der Waals surface area contributed by atoms with E-state index in [1.165, 1.54) is 9.21 Å². The minimum atomic E-state index is -3.64. The van der Waals surface area contributed by atoms with Gasteiger partial charge in [-0.05, 0) is 53.8 Å². The smallest absolute Gasteiger partial charge is 0.243 e. The summed E-state index contributed by atoms with van der Waals surface area (Å²) in [5.41, 5.74) is 1.95. The molecule has 0 aromatic heterocycles. The molecule has 42 heavy (non-hydrogen) atoms. The Morgan fingerprint density at radius 2 is 1.60 bits per heavy atom. The molecule has 3 aromatic rings. The van der Waals surface area contributed by atoms with Crippen molar-refractivity contribution in [1.29, 1.82) is 0 Å². The van der Waals surface area contributed by atoms with Crippen molar-refractivity contribution >= 4 is 62.3 Å². The van der Waals surface area contributed by atoms with E-state index in [2.05, 4.69) is 5.32 Å². The Balaban J connectivity index is 1.91. The molecule has 0 heterocycles. The number of sulfonamides is 1. The summed E-state index contributed by atoms with van der Waals surface area (Å²) in [4.78, 5) is 29.0. The number of hydrogen-bond acceptors (Lipinski definition) is 4. The third-order valence-corrected chi connectivity index (χ3v) is 8.58. The lowest BCUT2D eigenvalue weighted by Crippen LogP contribution is -2.51. The second-order valence-corrected chi connectivity index (χ2v) is 13.7. The number of carbonyl (C=O) groups is 2. The Morgan fingerprint density at radius 1 is 0.905 bits per heavy atom. The van der Waals surface area contributed by atoms with Gasteiger partial charge in [0, 0.05) is 47.5 Å². The highest BCUT2D eigenvalue weighted by atomic mass is 35.5. The van der Waals surface area contributed by atoms with Crippen molar-refractivity contribution in [1.82, 2.24) is 10.2 Å². The summed E-state index contributed by atoms with van der Waals surface area (Å²) in [5.74, 6) is -0.362. The summed E-state index contributed by atoms with van der Waals surface area (Å²) < 4.78 is 26.4. The fourth-order valence-corrected chi connectivity index (χ4v) is 6.06. The average molecular weight is 653 g/mol. The predicted octanol–water partition coefficient (Wildman–Crippen LogP) is 6.61. The molecule has 0 fully saturated rings. The van der Waals surface area contributed by atoms with E-state index >= 15 is 0 Å². The summed E-state index contributed by atoms with van der Waals surface area (Å²) in [7, 11) is -3.64. The number of carbonyl (C=O) groups excluding carboxylic acids is 2. The van der Waals surface area contributed by atoms with E-state index < -0.39 is 16.1 Å². The van der Waals surface area contributed by atoms with Crippen LogP contribution in [-0.4, -0.2) is 50.5 Å². The fraction of sp³-hybridized carbons (Fsp3) is 0.355. The average Bonchev–Trinajstić information content (AvgIpc) is 2.92. The molecule has 1 atom stereocenters. The first-order chi connectivity index (χ1) is 19.8. The summed E-state index contributed by atoms with van der Waals surface area (Å²) in [6.07, 6.45) is 1.62. The van der Waals surface area contributed by atoms with Crippen molar-refractivity contribution in [2.75, 3.05) is 23.7 Å². The molecule has 0 radical (unpaired) electrons. The predicted molar refractivity (Wildman–Crippen MR) is 172 cm³/mol. The first kappa shape index (κ1) is 33.7. The second kappa shape index (κ2) is 15.6. The van der Waals surface area contributed by atoms with Crippen molar-refractivity contribution < 1.29 is 18.0 Å². The van der Waals surface area contributed by atoms with Gasteiger partial charge < -0.3 is 10.2 Å². The van der Waals surface area contributed by atoms with Gasteiger partial charge in [-0.2, -0.15) is 0 Å². The lowest BCUT2D eigenvalue weighted by atomic mass is 10.0. The first-order valence-corrected chi connectivity index (χ1v) is 16.6. The van der Waals surface area contributed by atoms with Gasteiger partial charge in [-0.25, -0.2) is 8.42 Å². The fourth-order valence-electron chi connectivity index (χ4n) is 4.45. The van der Waals surface area contributed by atoms with E-state index in [9.17, 15) is 18.0 Å². The zero-order valence-electron chi connectivity index (χ0n) is 23.9. The molecule has 0 aliphatic rings. The monoisotopic (exact) mass is 651 g/mol. The van der Waals surface area contributed by atoms with Crippen LogP contribution in [0.25, 0.3) is 0 Å². The molecular formula is C31H36Cl3N3O4S. The van der Waals surface area contributed by atoms with Gasteiger partial charge >= 0.3 is 0 Å². The number of nitrogens with one attached hydrogen (secondary N) is 1. The highest BCUT2D eigenvalue weighted by molar-refractivity contribution is 7.92. The minimum Gasteiger partial charge on any atom is -0.354 e. The van der Waals surface area contributed by atoms with E-state index in [1.54, 1.807) is 42.5 Å². The number of rotatable bonds is 14. The van der Waals surface area contributed by atoms with Crippen LogP contribution < -0.4 is 9.62 Å². The van der Waals surface area contributed by atoms with Crippen LogP contribution in [0.4, 0.5) is 5.69 Å². The minimum absolute atomic E-state index is 0.000540. The zero-order valence-corrected chi connectivity index (χ0v) is 27.0. The summed E-state index contributed by atoms with van der Waals surface area (Å²) in [6.45, 7) is 4.58. The van der Waals surface area contributed by atoms with E-state index in [1.807, 2.05) is 44.2 Å². The normalized spacial score (nSPS) is 12.2. The zero-order chi connectivity index (χ0) is 30.9. The van der Waals surface area contributed by atoms with Crippen LogP contribution >= 0.6 is 34.8 Å². The number of nitrogens with zero attached hydrogens (tertiary/aromatic N) is 2. The Hall–Kier alpha value is -2.78. The number of benzene rings is 3. The molecule has 0 aliphatic heterocycles. The topological polar surface area (TPSA) is 86.8 Å². The van der Waals surface area contributed by atoms with Gasteiger partial charge in [-0.1, -0.05) is 91.1 Å². The maximum atomic E-state index is 13.9. The van der Waals surface area contributed by atoms with Crippen molar-refractivity contribution in [3.05, 3.63) is 99.0 Å². The van der Waals surface area contributed by atoms with E-state index in [4.69, 9.17) is 34.8 Å². The molecule has 0 saturated heterocycles. The number of anilines is 1. The molecule has 7 nitrogen and oxygen atoms in total. The molecular weight excluding hydrogens is 617 g/mol. The van der Waals surface area contributed by atoms with Crippen molar-refractivity contribution in [3.8, 4) is 0 Å². The van der Waals surface area contributed by atoms with Gasteiger partial charge in [0.2, 0.25) is 21.8 Å².